The number of ether oxygens (including phenoxy) is 2. The summed E-state index contributed by atoms with van der Waals surface area (Å²) in [6, 6.07) is 15.8. The molecule has 6 nitrogen and oxygen atoms in total. The molecule has 30 heavy (non-hydrogen) atoms. The van der Waals surface area contributed by atoms with Crippen LogP contribution in [0, 0.1) is 0 Å². The Morgan fingerprint density at radius 1 is 1.03 bits per heavy atom. The summed E-state index contributed by atoms with van der Waals surface area (Å²) in [5.74, 6) is 1.97. The van der Waals surface area contributed by atoms with E-state index in [2.05, 4.69) is 22.0 Å². The van der Waals surface area contributed by atoms with Crippen molar-refractivity contribution in [3.63, 3.8) is 0 Å². The van der Waals surface area contributed by atoms with Crippen LogP contribution < -0.4 is 10.1 Å². The van der Waals surface area contributed by atoms with E-state index in [-0.39, 0.29) is 5.91 Å². The Bertz CT molecular complexity index is 935. The summed E-state index contributed by atoms with van der Waals surface area (Å²) in [5.41, 5.74) is 3.19. The van der Waals surface area contributed by atoms with Gasteiger partial charge in [0.25, 0.3) is 0 Å². The van der Waals surface area contributed by atoms with Gasteiger partial charge in [0.15, 0.2) is 0 Å². The Morgan fingerprint density at radius 3 is 2.60 bits per heavy atom. The lowest BCUT2D eigenvalue weighted by molar-refractivity contribution is -0.120. The van der Waals surface area contributed by atoms with E-state index in [9.17, 15) is 4.79 Å². The van der Waals surface area contributed by atoms with Crippen LogP contribution >= 0.6 is 0 Å². The number of nitrogens with zero attached hydrogens (tertiary/aromatic N) is 2. The summed E-state index contributed by atoms with van der Waals surface area (Å²) in [4.78, 5) is 16.9. The zero-order valence-electron chi connectivity index (χ0n) is 17.9. The first kappa shape index (κ1) is 21.8. The van der Waals surface area contributed by atoms with Gasteiger partial charge >= 0.3 is 0 Å². The highest BCUT2D eigenvalue weighted by atomic mass is 16.5. The molecular weight excluding hydrogens is 378 g/mol. The number of aryl methyl sites for hydroxylation is 1. The molecule has 0 unspecified atom stereocenters. The Morgan fingerprint density at radius 2 is 1.83 bits per heavy atom. The average Bonchev–Trinajstić information content (AvgIpc) is 3.12. The number of carbonyl (C=O) groups excluding carboxylic acids is 1. The molecule has 1 heterocycles. The van der Waals surface area contributed by atoms with E-state index >= 15 is 0 Å². The highest BCUT2D eigenvalue weighted by Crippen LogP contribution is 2.18. The molecule has 0 spiro atoms. The van der Waals surface area contributed by atoms with Crippen LogP contribution in [0.4, 0.5) is 0 Å². The number of imidazole rings is 1. The molecule has 0 atom stereocenters. The molecule has 0 saturated heterocycles. The van der Waals surface area contributed by atoms with Crippen LogP contribution in [0.3, 0.4) is 0 Å². The van der Waals surface area contributed by atoms with Gasteiger partial charge in [0.2, 0.25) is 5.91 Å². The molecule has 0 fully saturated rings. The number of benzene rings is 2. The van der Waals surface area contributed by atoms with Crippen LogP contribution in [-0.4, -0.2) is 42.8 Å². The van der Waals surface area contributed by atoms with E-state index in [1.807, 2.05) is 36.4 Å². The molecule has 0 radical (unpaired) electrons. The van der Waals surface area contributed by atoms with E-state index < -0.39 is 0 Å². The fourth-order valence-electron chi connectivity index (χ4n) is 3.55. The zero-order chi connectivity index (χ0) is 21.2. The molecule has 2 aromatic carbocycles. The van der Waals surface area contributed by atoms with Crippen molar-refractivity contribution in [3.8, 4) is 5.75 Å². The zero-order valence-corrected chi connectivity index (χ0v) is 17.9. The van der Waals surface area contributed by atoms with Crippen LogP contribution in [0.1, 0.15) is 30.7 Å². The molecule has 0 aliphatic rings. The summed E-state index contributed by atoms with van der Waals surface area (Å²) in [6.45, 7) is 2.19. The van der Waals surface area contributed by atoms with Crippen molar-refractivity contribution in [2.45, 2.75) is 38.6 Å². The van der Waals surface area contributed by atoms with Gasteiger partial charge < -0.3 is 19.4 Å². The third-order valence-electron chi connectivity index (χ3n) is 5.18. The van der Waals surface area contributed by atoms with Gasteiger partial charge in [0, 0.05) is 26.6 Å². The summed E-state index contributed by atoms with van der Waals surface area (Å²) in [6.07, 6.45) is 4.39. The van der Waals surface area contributed by atoms with Crippen molar-refractivity contribution in [1.29, 1.82) is 0 Å². The third kappa shape index (κ3) is 6.07. The number of nitrogens with one attached hydrogen (secondary N) is 1. The first-order chi connectivity index (χ1) is 14.7. The molecule has 6 heteroatoms. The Balaban J connectivity index is 1.39. The first-order valence-corrected chi connectivity index (χ1v) is 10.5. The van der Waals surface area contributed by atoms with Crippen molar-refractivity contribution in [1.82, 2.24) is 14.9 Å². The third-order valence-corrected chi connectivity index (χ3v) is 5.18. The summed E-state index contributed by atoms with van der Waals surface area (Å²) in [5, 5.41) is 3.01. The van der Waals surface area contributed by atoms with Crippen molar-refractivity contribution in [2.75, 3.05) is 27.4 Å². The lowest BCUT2D eigenvalue weighted by Gasteiger charge is -2.09. The lowest BCUT2D eigenvalue weighted by Crippen LogP contribution is -2.26. The van der Waals surface area contributed by atoms with E-state index in [0.29, 0.717) is 19.6 Å². The minimum atomic E-state index is 0.0570. The number of amides is 1. The van der Waals surface area contributed by atoms with Gasteiger partial charge in [-0.15, -0.1) is 0 Å². The number of carbonyl (C=O) groups is 1. The van der Waals surface area contributed by atoms with Crippen LogP contribution in [0.2, 0.25) is 0 Å². The van der Waals surface area contributed by atoms with E-state index in [1.54, 1.807) is 14.2 Å². The normalized spacial score (nSPS) is 11.0. The van der Waals surface area contributed by atoms with Crippen molar-refractivity contribution >= 4 is 16.9 Å². The summed E-state index contributed by atoms with van der Waals surface area (Å²) < 4.78 is 12.7. The number of unbranched alkanes of at least 4 members (excludes halogenated alkanes) is 2. The average molecular weight is 410 g/mol. The number of para-hydroxylation sites is 2. The van der Waals surface area contributed by atoms with Crippen molar-refractivity contribution < 1.29 is 14.3 Å². The fraction of sp³-hybridized carbons (Fsp3) is 0.417. The predicted octanol–water partition coefficient (Wildman–Crippen LogP) is 3.76. The van der Waals surface area contributed by atoms with E-state index in [4.69, 9.17) is 14.5 Å². The largest absolute Gasteiger partial charge is 0.497 e. The Hall–Kier alpha value is -2.86. The molecule has 1 N–H and O–H groups in total. The molecule has 0 bridgehead atoms. The number of hydrogen-bond donors (Lipinski definition) is 1. The maximum Gasteiger partial charge on any atom is 0.224 e. The quantitative estimate of drug-likeness (QED) is 0.463. The molecule has 0 aliphatic heterocycles. The molecule has 1 amide bonds. The SMILES string of the molecule is COCCn1c(CCCCCNC(=O)Cc2ccc(OC)cc2)nc2ccccc21. The Labute approximate surface area is 178 Å². The van der Waals surface area contributed by atoms with E-state index in [0.717, 1.165) is 60.4 Å². The van der Waals surface area contributed by atoms with Gasteiger partial charge in [-0.25, -0.2) is 4.98 Å². The van der Waals surface area contributed by atoms with Crippen molar-refractivity contribution in [3.05, 3.63) is 59.9 Å². The molecule has 1 aromatic heterocycles. The maximum atomic E-state index is 12.1. The van der Waals surface area contributed by atoms with Gasteiger partial charge in [-0.05, 0) is 42.7 Å². The summed E-state index contributed by atoms with van der Waals surface area (Å²) >= 11 is 0. The topological polar surface area (TPSA) is 65.4 Å². The monoisotopic (exact) mass is 409 g/mol. The van der Waals surface area contributed by atoms with Gasteiger partial charge in [0.05, 0.1) is 31.2 Å². The minimum Gasteiger partial charge on any atom is -0.497 e. The highest BCUT2D eigenvalue weighted by molar-refractivity contribution is 5.78. The van der Waals surface area contributed by atoms with Gasteiger partial charge in [-0.1, -0.05) is 30.7 Å². The molecule has 3 aromatic rings. The molecule has 0 saturated carbocycles. The number of aromatic nitrogens is 2. The number of rotatable bonds is 12. The minimum absolute atomic E-state index is 0.0570. The van der Waals surface area contributed by atoms with Gasteiger partial charge in [-0.3, -0.25) is 4.79 Å². The second-order valence-corrected chi connectivity index (χ2v) is 7.35. The molecule has 0 aliphatic carbocycles. The van der Waals surface area contributed by atoms with Crippen LogP contribution in [0.5, 0.6) is 5.75 Å². The second kappa shape index (κ2) is 11.4. The van der Waals surface area contributed by atoms with E-state index in [1.165, 1.54) is 0 Å². The smallest absolute Gasteiger partial charge is 0.224 e. The standard InChI is InChI=1S/C24H31N3O3/c1-29-17-16-27-22-9-6-5-8-21(22)26-23(27)10-4-3-7-15-25-24(28)18-19-11-13-20(30-2)14-12-19/h5-6,8-9,11-14H,3-4,7,10,15-18H2,1-2H3,(H,25,28). The maximum absolute atomic E-state index is 12.1. The van der Waals surface area contributed by atoms with Crippen LogP contribution in [0.25, 0.3) is 11.0 Å². The number of methoxy groups -OCH3 is 2. The summed E-state index contributed by atoms with van der Waals surface area (Å²) in [7, 11) is 3.36. The number of fused-ring (bicyclic) bond motifs is 1. The number of hydrogen-bond acceptors (Lipinski definition) is 4. The predicted molar refractivity (Wildman–Crippen MR) is 119 cm³/mol. The molecule has 3 rings (SSSR count). The van der Waals surface area contributed by atoms with Gasteiger partial charge in [0.1, 0.15) is 11.6 Å². The Kier molecular flexibility index (Phi) is 8.27. The molecule has 160 valence electrons. The van der Waals surface area contributed by atoms with Crippen LogP contribution in [0.15, 0.2) is 48.5 Å². The first-order valence-electron chi connectivity index (χ1n) is 10.5. The fourth-order valence-corrected chi connectivity index (χ4v) is 3.55. The lowest BCUT2D eigenvalue weighted by atomic mass is 10.1. The molecular formula is C24H31N3O3. The van der Waals surface area contributed by atoms with Crippen LogP contribution in [-0.2, 0) is 28.9 Å². The van der Waals surface area contributed by atoms with Crippen molar-refractivity contribution in [2.24, 2.45) is 0 Å². The highest BCUT2D eigenvalue weighted by Gasteiger charge is 2.10. The second-order valence-electron chi connectivity index (χ2n) is 7.35. The van der Waals surface area contributed by atoms with Gasteiger partial charge in [-0.2, -0.15) is 0 Å².